The number of nitrogens with two attached hydrogens (primary N) is 1. The molecule has 0 aliphatic carbocycles. The van der Waals surface area contributed by atoms with E-state index < -0.39 is 17.7 Å². The molecule has 100 valence electrons. The zero-order valence-electron chi connectivity index (χ0n) is 9.84. The summed E-state index contributed by atoms with van der Waals surface area (Å²) in [5.41, 5.74) is 6.76. The van der Waals surface area contributed by atoms with E-state index in [9.17, 15) is 8.78 Å². The molecule has 19 heavy (non-hydrogen) atoms. The van der Waals surface area contributed by atoms with Gasteiger partial charge in [0, 0.05) is 20.6 Å². The van der Waals surface area contributed by atoms with Gasteiger partial charge >= 0.3 is 0 Å². The van der Waals surface area contributed by atoms with E-state index in [1.54, 1.807) is 0 Å². The predicted octanol–water partition coefficient (Wildman–Crippen LogP) is 4.73. The van der Waals surface area contributed by atoms with Crippen molar-refractivity contribution >= 4 is 31.9 Å². The highest BCUT2D eigenvalue weighted by molar-refractivity contribution is 9.10. The van der Waals surface area contributed by atoms with Crippen molar-refractivity contribution in [1.29, 1.82) is 0 Å². The number of halogens is 4. The monoisotopic (exact) mass is 389 g/mol. The summed E-state index contributed by atoms with van der Waals surface area (Å²) < 4.78 is 28.8. The Labute approximate surface area is 127 Å². The molecule has 0 amide bonds. The van der Waals surface area contributed by atoms with Crippen LogP contribution in [0.1, 0.15) is 17.2 Å². The Hall–Kier alpha value is -0.780. The molecule has 1 unspecified atom stereocenters. The summed E-state index contributed by atoms with van der Waals surface area (Å²) >= 11 is 6.40. The highest BCUT2D eigenvalue weighted by atomic mass is 79.9. The molecule has 0 aliphatic rings. The van der Waals surface area contributed by atoms with Crippen LogP contribution in [0.5, 0.6) is 0 Å². The molecule has 0 aromatic heterocycles. The van der Waals surface area contributed by atoms with Crippen molar-refractivity contribution in [2.75, 3.05) is 0 Å². The quantitative estimate of drug-likeness (QED) is 0.805. The van der Waals surface area contributed by atoms with E-state index >= 15 is 0 Å². The zero-order valence-corrected chi connectivity index (χ0v) is 13.0. The van der Waals surface area contributed by atoms with Crippen molar-refractivity contribution in [3.05, 3.63) is 68.1 Å². The number of rotatable bonds is 3. The van der Waals surface area contributed by atoms with Crippen LogP contribution in [-0.4, -0.2) is 0 Å². The van der Waals surface area contributed by atoms with Gasteiger partial charge < -0.3 is 5.73 Å². The van der Waals surface area contributed by atoms with Gasteiger partial charge in [0.15, 0.2) is 0 Å². The maximum atomic E-state index is 13.8. The first kappa shape index (κ1) is 14.6. The highest BCUT2D eigenvalue weighted by Crippen LogP contribution is 2.26. The topological polar surface area (TPSA) is 26.0 Å². The Morgan fingerprint density at radius 1 is 1.00 bits per heavy atom. The van der Waals surface area contributed by atoms with Gasteiger partial charge in [-0.2, -0.15) is 0 Å². The maximum Gasteiger partial charge on any atom is 0.132 e. The minimum atomic E-state index is -0.720. The lowest BCUT2D eigenvalue weighted by atomic mass is 9.99. The van der Waals surface area contributed by atoms with Crippen molar-refractivity contribution in [3.8, 4) is 0 Å². The minimum Gasteiger partial charge on any atom is -0.323 e. The van der Waals surface area contributed by atoms with Crippen LogP contribution in [0.15, 0.2) is 45.3 Å². The van der Waals surface area contributed by atoms with Crippen molar-refractivity contribution < 1.29 is 8.78 Å². The number of hydrogen-bond acceptors (Lipinski definition) is 1. The largest absolute Gasteiger partial charge is 0.323 e. The molecule has 2 aromatic carbocycles. The van der Waals surface area contributed by atoms with E-state index in [-0.39, 0.29) is 5.56 Å². The van der Waals surface area contributed by atoms with E-state index in [0.29, 0.717) is 10.9 Å². The molecular weight excluding hydrogens is 380 g/mol. The normalized spacial score (nSPS) is 12.5. The first-order valence-electron chi connectivity index (χ1n) is 5.62. The van der Waals surface area contributed by atoms with Crippen LogP contribution in [0, 0.1) is 11.6 Å². The molecule has 0 spiro atoms. The van der Waals surface area contributed by atoms with E-state index in [4.69, 9.17) is 5.73 Å². The molecule has 0 heterocycles. The van der Waals surface area contributed by atoms with Gasteiger partial charge in [0.25, 0.3) is 0 Å². The molecule has 0 fully saturated rings. The van der Waals surface area contributed by atoms with Gasteiger partial charge in [0.1, 0.15) is 11.6 Å². The van der Waals surface area contributed by atoms with Crippen LogP contribution in [0.2, 0.25) is 0 Å². The summed E-state index contributed by atoms with van der Waals surface area (Å²) in [6.45, 7) is 0. The summed E-state index contributed by atoms with van der Waals surface area (Å²) in [7, 11) is 0. The second kappa shape index (κ2) is 6.11. The lowest BCUT2D eigenvalue weighted by Gasteiger charge is -2.14. The molecular formula is C14H11Br2F2N. The fourth-order valence-electron chi connectivity index (χ4n) is 1.93. The van der Waals surface area contributed by atoms with Gasteiger partial charge in [-0.25, -0.2) is 8.78 Å². The lowest BCUT2D eigenvalue weighted by Crippen LogP contribution is -2.17. The molecule has 0 saturated heterocycles. The van der Waals surface area contributed by atoms with Crippen molar-refractivity contribution in [2.45, 2.75) is 12.5 Å². The molecule has 2 rings (SSSR count). The van der Waals surface area contributed by atoms with Crippen molar-refractivity contribution in [3.63, 3.8) is 0 Å². The van der Waals surface area contributed by atoms with Gasteiger partial charge in [-0.05, 0) is 36.2 Å². The zero-order chi connectivity index (χ0) is 14.0. The van der Waals surface area contributed by atoms with Crippen LogP contribution in [0.4, 0.5) is 8.78 Å². The Balaban J connectivity index is 2.28. The third kappa shape index (κ3) is 3.61. The summed E-state index contributed by atoms with van der Waals surface area (Å²) in [6, 6.07) is 9.23. The molecule has 0 radical (unpaired) electrons. The van der Waals surface area contributed by atoms with Gasteiger partial charge in [-0.1, -0.05) is 44.0 Å². The molecule has 0 bridgehead atoms. The molecule has 5 heteroatoms. The van der Waals surface area contributed by atoms with Gasteiger partial charge in [-0.3, -0.25) is 0 Å². The second-order valence-electron chi connectivity index (χ2n) is 4.22. The molecule has 1 atom stereocenters. The lowest BCUT2D eigenvalue weighted by molar-refractivity contribution is 0.523. The molecule has 0 saturated carbocycles. The average molecular weight is 391 g/mol. The summed E-state index contributed by atoms with van der Waals surface area (Å²) in [5, 5.41) is 0. The smallest absolute Gasteiger partial charge is 0.132 e. The van der Waals surface area contributed by atoms with Crippen LogP contribution < -0.4 is 5.73 Å². The van der Waals surface area contributed by atoms with Gasteiger partial charge in [0.05, 0.1) is 0 Å². The third-order valence-electron chi connectivity index (χ3n) is 2.76. The standard InChI is InChI=1S/C14H11Br2F2N/c15-9-3-1-2-8(4-9)5-13(19)14-11(17)6-10(16)7-12(14)18/h1-4,6-7,13H,5,19H2. The molecule has 2 aromatic rings. The molecule has 1 nitrogen and oxygen atoms in total. The average Bonchev–Trinajstić information content (AvgIpc) is 2.27. The minimum absolute atomic E-state index is 0.0804. The fourth-order valence-corrected chi connectivity index (χ4v) is 2.78. The van der Waals surface area contributed by atoms with Crippen molar-refractivity contribution in [1.82, 2.24) is 0 Å². The van der Waals surface area contributed by atoms with Crippen LogP contribution in [-0.2, 0) is 6.42 Å². The summed E-state index contributed by atoms with van der Waals surface area (Å²) in [5.74, 6) is -1.26. The Kier molecular flexibility index (Phi) is 4.71. The maximum absolute atomic E-state index is 13.8. The van der Waals surface area contributed by atoms with Crippen LogP contribution in [0.25, 0.3) is 0 Å². The Morgan fingerprint density at radius 2 is 1.63 bits per heavy atom. The van der Waals surface area contributed by atoms with Gasteiger partial charge in [0.2, 0.25) is 0 Å². The first-order chi connectivity index (χ1) is 8.97. The molecule has 0 aliphatic heterocycles. The van der Waals surface area contributed by atoms with E-state index in [2.05, 4.69) is 31.9 Å². The SMILES string of the molecule is NC(Cc1cccc(Br)c1)c1c(F)cc(Br)cc1F. The number of hydrogen-bond donors (Lipinski definition) is 1. The first-order valence-corrected chi connectivity index (χ1v) is 7.20. The third-order valence-corrected chi connectivity index (χ3v) is 3.71. The number of benzene rings is 2. The van der Waals surface area contributed by atoms with Gasteiger partial charge in [-0.15, -0.1) is 0 Å². The van der Waals surface area contributed by atoms with E-state index in [0.717, 1.165) is 10.0 Å². The van der Waals surface area contributed by atoms with Crippen LogP contribution in [0.3, 0.4) is 0 Å². The van der Waals surface area contributed by atoms with E-state index in [1.165, 1.54) is 12.1 Å². The Bertz CT molecular complexity index is 579. The second-order valence-corrected chi connectivity index (χ2v) is 6.05. The highest BCUT2D eigenvalue weighted by Gasteiger charge is 2.18. The van der Waals surface area contributed by atoms with Crippen molar-refractivity contribution in [2.24, 2.45) is 5.73 Å². The predicted molar refractivity (Wildman–Crippen MR) is 78.8 cm³/mol. The summed E-state index contributed by atoms with van der Waals surface area (Å²) in [6.07, 6.45) is 0.370. The molecule has 2 N–H and O–H groups in total. The van der Waals surface area contributed by atoms with Crippen LogP contribution >= 0.6 is 31.9 Å². The Morgan fingerprint density at radius 3 is 2.21 bits per heavy atom. The fraction of sp³-hybridized carbons (Fsp3) is 0.143. The summed E-state index contributed by atoms with van der Waals surface area (Å²) in [4.78, 5) is 0. The van der Waals surface area contributed by atoms with E-state index in [1.807, 2.05) is 24.3 Å².